The van der Waals surface area contributed by atoms with E-state index in [9.17, 15) is 0 Å². The summed E-state index contributed by atoms with van der Waals surface area (Å²) in [6.45, 7) is 0.993. The number of hydrogen-bond acceptors (Lipinski definition) is 1. The van der Waals surface area contributed by atoms with E-state index in [0.29, 0.717) is 5.92 Å². The fourth-order valence-corrected chi connectivity index (χ4v) is 3.45. The molecule has 1 unspecified atom stereocenters. The Balaban J connectivity index is 1.82. The molecule has 0 spiro atoms. The van der Waals surface area contributed by atoms with Gasteiger partial charge in [-0.25, -0.2) is 0 Å². The summed E-state index contributed by atoms with van der Waals surface area (Å²) < 4.78 is 0. The number of benzene rings is 2. The Labute approximate surface area is 135 Å². The standard InChI is InChI=1S/C20H21N3/c1-21-10-9-16(15-7-6-14-8-11-22-20(14)12-15)18-13-23-19-5-3-2-4-17(18)19/h2-8,11-13,16,21-23H,9-10H2,1H3. The van der Waals surface area contributed by atoms with E-state index in [4.69, 9.17) is 0 Å². The molecule has 1 atom stereocenters. The molecular formula is C20H21N3. The normalized spacial score (nSPS) is 12.9. The lowest BCUT2D eigenvalue weighted by molar-refractivity contribution is 0.665. The van der Waals surface area contributed by atoms with Crippen molar-refractivity contribution in [3.63, 3.8) is 0 Å². The molecule has 0 aliphatic rings. The van der Waals surface area contributed by atoms with Crippen molar-refractivity contribution in [3.05, 3.63) is 72.1 Å². The minimum atomic E-state index is 0.381. The molecule has 0 bridgehead atoms. The van der Waals surface area contributed by atoms with E-state index < -0.39 is 0 Å². The van der Waals surface area contributed by atoms with Gasteiger partial charge in [0.2, 0.25) is 0 Å². The van der Waals surface area contributed by atoms with Crippen molar-refractivity contribution in [2.45, 2.75) is 12.3 Å². The van der Waals surface area contributed by atoms with E-state index >= 15 is 0 Å². The van der Waals surface area contributed by atoms with E-state index in [-0.39, 0.29) is 0 Å². The largest absolute Gasteiger partial charge is 0.361 e. The van der Waals surface area contributed by atoms with Crippen molar-refractivity contribution in [1.82, 2.24) is 15.3 Å². The molecule has 3 heteroatoms. The van der Waals surface area contributed by atoms with Gasteiger partial charge in [-0.3, -0.25) is 0 Å². The van der Waals surface area contributed by atoms with Crippen molar-refractivity contribution in [1.29, 1.82) is 0 Å². The molecule has 3 nitrogen and oxygen atoms in total. The lowest BCUT2D eigenvalue weighted by Crippen LogP contribution is -2.13. The third-order valence-electron chi connectivity index (χ3n) is 4.66. The van der Waals surface area contributed by atoms with Crippen LogP contribution in [0.25, 0.3) is 21.8 Å². The Morgan fingerprint density at radius 2 is 1.91 bits per heavy atom. The molecule has 2 aromatic heterocycles. The number of H-pyrrole nitrogens is 2. The molecule has 0 amide bonds. The van der Waals surface area contributed by atoms with E-state index in [2.05, 4.69) is 70.0 Å². The zero-order chi connectivity index (χ0) is 15.6. The molecular weight excluding hydrogens is 282 g/mol. The third-order valence-corrected chi connectivity index (χ3v) is 4.66. The highest BCUT2D eigenvalue weighted by molar-refractivity contribution is 5.85. The number of hydrogen-bond donors (Lipinski definition) is 3. The fraction of sp³-hybridized carbons (Fsp3) is 0.200. The summed E-state index contributed by atoms with van der Waals surface area (Å²) >= 11 is 0. The second kappa shape index (κ2) is 5.94. The monoisotopic (exact) mass is 303 g/mol. The van der Waals surface area contributed by atoms with Gasteiger partial charge in [-0.15, -0.1) is 0 Å². The highest BCUT2D eigenvalue weighted by Crippen LogP contribution is 2.34. The Bertz CT molecular complexity index is 932. The second-order valence-electron chi connectivity index (χ2n) is 6.06. The van der Waals surface area contributed by atoms with Crippen LogP contribution < -0.4 is 5.32 Å². The summed E-state index contributed by atoms with van der Waals surface area (Å²) in [7, 11) is 2.01. The maximum atomic E-state index is 3.42. The SMILES string of the molecule is CNCCC(c1ccc2cc[nH]c2c1)c1c[nH]c2ccccc12. The summed E-state index contributed by atoms with van der Waals surface area (Å²) in [6, 6.07) is 17.4. The molecule has 116 valence electrons. The molecule has 0 saturated carbocycles. The van der Waals surface area contributed by atoms with Gasteiger partial charge >= 0.3 is 0 Å². The predicted octanol–water partition coefficient (Wildman–Crippen LogP) is 4.39. The summed E-state index contributed by atoms with van der Waals surface area (Å²) in [6.07, 6.45) is 5.25. The van der Waals surface area contributed by atoms with E-state index in [1.165, 1.54) is 32.9 Å². The first-order valence-electron chi connectivity index (χ1n) is 8.14. The first-order valence-corrected chi connectivity index (χ1v) is 8.14. The quantitative estimate of drug-likeness (QED) is 0.503. The smallest absolute Gasteiger partial charge is 0.0457 e. The van der Waals surface area contributed by atoms with Crippen molar-refractivity contribution in [2.24, 2.45) is 0 Å². The fourth-order valence-electron chi connectivity index (χ4n) is 3.45. The van der Waals surface area contributed by atoms with Crippen LogP contribution in [0.4, 0.5) is 0 Å². The number of aromatic amines is 2. The minimum Gasteiger partial charge on any atom is -0.361 e. The predicted molar refractivity (Wildman–Crippen MR) is 97.0 cm³/mol. The topological polar surface area (TPSA) is 43.6 Å². The number of fused-ring (bicyclic) bond motifs is 2. The van der Waals surface area contributed by atoms with Gasteiger partial charge in [0, 0.05) is 34.7 Å². The molecule has 4 aromatic rings. The minimum absolute atomic E-state index is 0.381. The van der Waals surface area contributed by atoms with Crippen molar-refractivity contribution >= 4 is 21.8 Å². The van der Waals surface area contributed by atoms with Crippen LogP contribution in [-0.4, -0.2) is 23.6 Å². The average Bonchev–Trinajstić information content (AvgIpc) is 3.22. The Hall–Kier alpha value is -2.52. The molecule has 0 saturated heterocycles. The van der Waals surface area contributed by atoms with Gasteiger partial charge in [-0.05, 0) is 54.7 Å². The maximum Gasteiger partial charge on any atom is 0.0457 e. The molecule has 0 aliphatic carbocycles. The van der Waals surface area contributed by atoms with Crippen LogP contribution >= 0.6 is 0 Å². The number of para-hydroxylation sites is 1. The van der Waals surface area contributed by atoms with Gasteiger partial charge in [0.05, 0.1) is 0 Å². The first kappa shape index (κ1) is 14.1. The van der Waals surface area contributed by atoms with Gasteiger partial charge in [0.1, 0.15) is 0 Å². The third kappa shape index (κ3) is 2.53. The zero-order valence-electron chi connectivity index (χ0n) is 13.3. The van der Waals surface area contributed by atoms with Gasteiger partial charge in [-0.2, -0.15) is 0 Å². The Morgan fingerprint density at radius 1 is 1.00 bits per heavy atom. The summed E-state index contributed by atoms with van der Waals surface area (Å²) in [5.41, 5.74) is 5.15. The number of rotatable bonds is 5. The maximum absolute atomic E-state index is 3.42. The van der Waals surface area contributed by atoms with Gasteiger partial charge in [0.15, 0.2) is 0 Å². The van der Waals surface area contributed by atoms with E-state index in [1.807, 2.05) is 13.2 Å². The van der Waals surface area contributed by atoms with Crippen LogP contribution in [0.2, 0.25) is 0 Å². The summed E-state index contributed by atoms with van der Waals surface area (Å²) in [5.74, 6) is 0.381. The van der Waals surface area contributed by atoms with Crippen LogP contribution in [-0.2, 0) is 0 Å². The van der Waals surface area contributed by atoms with Crippen molar-refractivity contribution < 1.29 is 0 Å². The van der Waals surface area contributed by atoms with Crippen LogP contribution in [0, 0.1) is 0 Å². The molecule has 3 N–H and O–H groups in total. The first-order chi connectivity index (χ1) is 11.4. The molecule has 0 aliphatic heterocycles. The molecule has 0 fully saturated rings. The van der Waals surface area contributed by atoms with Crippen LogP contribution in [0.3, 0.4) is 0 Å². The summed E-state index contributed by atoms with van der Waals surface area (Å²) in [4.78, 5) is 6.75. The average molecular weight is 303 g/mol. The highest BCUT2D eigenvalue weighted by atomic mass is 14.8. The lowest BCUT2D eigenvalue weighted by atomic mass is 9.88. The Kier molecular flexibility index (Phi) is 3.64. The molecule has 4 rings (SSSR count). The van der Waals surface area contributed by atoms with Crippen molar-refractivity contribution in [3.8, 4) is 0 Å². The van der Waals surface area contributed by atoms with Gasteiger partial charge < -0.3 is 15.3 Å². The Morgan fingerprint density at radius 3 is 2.83 bits per heavy atom. The van der Waals surface area contributed by atoms with Crippen molar-refractivity contribution in [2.75, 3.05) is 13.6 Å². The summed E-state index contributed by atoms with van der Waals surface area (Å²) in [5, 5.41) is 5.88. The van der Waals surface area contributed by atoms with Gasteiger partial charge in [-0.1, -0.05) is 30.3 Å². The second-order valence-corrected chi connectivity index (χ2v) is 6.06. The molecule has 0 radical (unpaired) electrons. The molecule has 2 heterocycles. The zero-order valence-corrected chi connectivity index (χ0v) is 13.3. The van der Waals surface area contributed by atoms with Crippen LogP contribution in [0.15, 0.2) is 60.9 Å². The van der Waals surface area contributed by atoms with Crippen LogP contribution in [0.1, 0.15) is 23.5 Å². The molecule has 2 aromatic carbocycles. The lowest BCUT2D eigenvalue weighted by Gasteiger charge is -2.17. The van der Waals surface area contributed by atoms with Crippen LogP contribution in [0.5, 0.6) is 0 Å². The number of aromatic nitrogens is 2. The highest BCUT2D eigenvalue weighted by Gasteiger charge is 2.18. The van der Waals surface area contributed by atoms with E-state index in [1.54, 1.807) is 0 Å². The number of nitrogens with one attached hydrogen (secondary N) is 3. The molecule has 23 heavy (non-hydrogen) atoms. The van der Waals surface area contributed by atoms with Gasteiger partial charge in [0.25, 0.3) is 0 Å². The van der Waals surface area contributed by atoms with E-state index in [0.717, 1.165) is 13.0 Å².